The van der Waals surface area contributed by atoms with Crippen LogP contribution in [-0.2, 0) is 10.0 Å². The quantitative estimate of drug-likeness (QED) is 0.844. The first-order valence-electron chi connectivity index (χ1n) is 4.76. The van der Waals surface area contributed by atoms with E-state index < -0.39 is 10.0 Å². The van der Waals surface area contributed by atoms with Gasteiger partial charge in [0.15, 0.2) is 0 Å². The molecule has 6 heteroatoms. The summed E-state index contributed by atoms with van der Waals surface area (Å²) in [7, 11) is -3.32. The van der Waals surface area contributed by atoms with Gasteiger partial charge >= 0.3 is 0 Å². The monoisotopic (exact) mass is 281 g/mol. The first kappa shape index (κ1) is 13.8. The average Bonchev–Trinajstić information content (AvgIpc) is 2.16. The van der Waals surface area contributed by atoms with E-state index in [4.69, 9.17) is 23.2 Å². The second-order valence-corrected chi connectivity index (χ2v) is 6.09. The summed E-state index contributed by atoms with van der Waals surface area (Å²) in [5.41, 5.74) is 0.825. The predicted octanol–water partition coefficient (Wildman–Crippen LogP) is 2.56. The van der Waals surface area contributed by atoms with Crippen molar-refractivity contribution in [3.63, 3.8) is 0 Å². The van der Waals surface area contributed by atoms with Crippen molar-refractivity contribution in [1.29, 1.82) is 0 Å². The summed E-state index contributed by atoms with van der Waals surface area (Å²) in [6.45, 7) is 1.76. The van der Waals surface area contributed by atoms with Crippen molar-refractivity contribution >= 4 is 33.2 Å². The molecule has 3 nitrogen and oxygen atoms in total. The lowest BCUT2D eigenvalue weighted by atomic mass is 10.1. The van der Waals surface area contributed by atoms with E-state index in [1.165, 1.54) is 0 Å². The highest BCUT2D eigenvalue weighted by atomic mass is 35.5. The minimum atomic E-state index is -3.32. The largest absolute Gasteiger partial charge is 0.213 e. The van der Waals surface area contributed by atoms with Gasteiger partial charge < -0.3 is 0 Å². The highest BCUT2D eigenvalue weighted by molar-refractivity contribution is 7.89. The minimum absolute atomic E-state index is 0.0810. The van der Waals surface area contributed by atoms with Gasteiger partial charge in [0, 0.05) is 16.9 Å². The van der Waals surface area contributed by atoms with Crippen molar-refractivity contribution in [2.24, 2.45) is 0 Å². The maximum Gasteiger partial charge on any atom is 0.213 e. The van der Waals surface area contributed by atoms with Gasteiger partial charge in [-0.25, -0.2) is 13.1 Å². The van der Waals surface area contributed by atoms with Crippen LogP contribution in [0.1, 0.15) is 18.5 Å². The standard InChI is InChI=1S/C10H13Cl2NO2S/c1-8(13-16(14,15)6-5-11)9-3-2-4-10(12)7-9/h2-4,7-8,13H,5-6H2,1H3/t8-/m0/s1. The Balaban J connectivity index is 2.76. The molecular weight excluding hydrogens is 269 g/mol. The highest BCUT2D eigenvalue weighted by Crippen LogP contribution is 2.17. The molecule has 0 saturated heterocycles. The van der Waals surface area contributed by atoms with Crippen molar-refractivity contribution in [1.82, 2.24) is 4.72 Å². The Labute approximate surface area is 106 Å². The van der Waals surface area contributed by atoms with Gasteiger partial charge in [0.25, 0.3) is 0 Å². The molecular formula is C10H13Cl2NO2S. The molecule has 1 rings (SSSR count). The van der Waals surface area contributed by atoms with Crippen molar-refractivity contribution in [3.05, 3.63) is 34.9 Å². The van der Waals surface area contributed by atoms with Crippen LogP contribution in [0.25, 0.3) is 0 Å². The number of halogens is 2. The van der Waals surface area contributed by atoms with E-state index >= 15 is 0 Å². The number of nitrogens with one attached hydrogen (secondary N) is 1. The highest BCUT2D eigenvalue weighted by Gasteiger charge is 2.15. The number of rotatable bonds is 5. The minimum Gasteiger partial charge on any atom is -0.212 e. The van der Waals surface area contributed by atoms with Crippen LogP contribution in [0.3, 0.4) is 0 Å². The summed E-state index contributed by atoms with van der Waals surface area (Å²) < 4.78 is 25.5. The number of alkyl halides is 1. The van der Waals surface area contributed by atoms with Crippen molar-refractivity contribution < 1.29 is 8.42 Å². The molecule has 0 unspecified atom stereocenters. The predicted molar refractivity (Wildman–Crippen MR) is 67.5 cm³/mol. The van der Waals surface area contributed by atoms with Crippen LogP contribution >= 0.6 is 23.2 Å². The van der Waals surface area contributed by atoms with Gasteiger partial charge in [-0.1, -0.05) is 23.7 Å². The number of hydrogen-bond acceptors (Lipinski definition) is 2. The summed E-state index contributed by atoms with van der Waals surface area (Å²) in [4.78, 5) is 0. The zero-order valence-corrected chi connectivity index (χ0v) is 11.1. The Morgan fingerprint density at radius 1 is 1.44 bits per heavy atom. The van der Waals surface area contributed by atoms with E-state index in [1.807, 2.05) is 6.07 Å². The molecule has 0 saturated carbocycles. The van der Waals surface area contributed by atoms with Crippen LogP contribution in [0.5, 0.6) is 0 Å². The Morgan fingerprint density at radius 3 is 2.69 bits per heavy atom. The molecule has 0 radical (unpaired) electrons. The number of hydrogen-bond donors (Lipinski definition) is 1. The molecule has 0 aliphatic rings. The lowest BCUT2D eigenvalue weighted by Gasteiger charge is -2.14. The molecule has 1 atom stereocenters. The van der Waals surface area contributed by atoms with Crippen LogP contribution in [0.15, 0.2) is 24.3 Å². The molecule has 16 heavy (non-hydrogen) atoms. The van der Waals surface area contributed by atoms with Gasteiger partial charge in [0.2, 0.25) is 10.0 Å². The fraction of sp³-hybridized carbons (Fsp3) is 0.400. The Bertz CT molecular complexity index is 448. The van der Waals surface area contributed by atoms with E-state index in [0.29, 0.717) is 5.02 Å². The van der Waals surface area contributed by atoms with Crippen LogP contribution in [0, 0.1) is 0 Å². The fourth-order valence-corrected chi connectivity index (χ4v) is 3.08. The smallest absolute Gasteiger partial charge is 0.212 e. The maximum absolute atomic E-state index is 11.5. The molecule has 0 fully saturated rings. The molecule has 0 spiro atoms. The molecule has 1 aromatic rings. The molecule has 0 aromatic heterocycles. The van der Waals surface area contributed by atoms with Crippen molar-refractivity contribution in [2.75, 3.05) is 11.6 Å². The summed E-state index contributed by atoms with van der Waals surface area (Å²) in [5, 5.41) is 0.584. The van der Waals surface area contributed by atoms with E-state index in [1.54, 1.807) is 25.1 Å². The number of sulfonamides is 1. The molecule has 0 bridgehead atoms. The number of benzene rings is 1. The van der Waals surface area contributed by atoms with Crippen LogP contribution in [0.4, 0.5) is 0 Å². The molecule has 1 N–H and O–H groups in total. The zero-order chi connectivity index (χ0) is 12.2. The van der Waals surface area contributed by atoms with Crippen molar-refractivity contribution in [3.8, 4) is 0 Å². The van der Waals surface area contributed by atoms with Crippen LogP contribution in [0.2, 0.25) is 5.02 Å². The second-order valence-electron chi connectivity index (χ2n) is 3.40. The molecule has 0 aliphatic carbocycles. The van der Waals surface area contributed by atoms with Gasteiger partial charge in [-0.3, -0.25) is 0 Å². The van der Waals surface area contributed by atoms with E-state index in [-0.39, 0.29) is 17.7 Å². The van der Waals surface area contributed by atoms with E-state index in [0.717, 1.165) is 5.56 Å². The molecule has 90 valence electrons. The first-order chi connectivity index (χ1) is 7.44. The third-order valence-corrected chi connectivity index (χ3v) is 4.15. The van der Waals surface area contributed by atoms with Gasteiger partial charge in [-0.2, -0.15) is 0 Å². The fourth-order valence-electron chi connectivity index (χ4n) is 1.27. The van der Waals surface area contributed by atoms with Crippen LogP contribution < -0.4 is 4.72 Å². The van der Waals surface area contributed by atoms with Gasteiger partial charge in [0.1, 0.15) is 0 Å². The van der Waals surface area contributed by atoms with Gasteiger partial charge in [-0.05, 0) is 24.6 Å². The Kier molecular flexibility index (Phi) is 5.05. The normalized spacial score (nSPS) is 13.7. The lowest BCUT2D eigenvalue weighted by Crippen LogP contribution is -2.29. The van der Waals surface area contributed by atoms with Crippen LogP contribution in [-0.4, -0.2) is 20.1 Å². The lowest BCUT2D eigenvalue weighted by molar-refractivity contribution is 0.568. The second kappa shape index (κ2) is 5.87. The summed E-state index contributed by atoms with van der Waals surface area (Å²) in [6, 6.07) is 6.76. The Morgan fingerprint density at radius 2 is 2.12 bits per heavy atom. The SMILES string of the molecule is C[C@H](NS(=O)(=O)CCCl)c1cccc(Cl)c1. The molecule has 0 heterocycles. The molecule has 0 aliphatic heterocycles. The topological polar surface area (TPSA) is 46.2 Å². The first-order valence-corrected chi connectivity index (χ1v) is 7.32. The molecule has 0 amide bonds. The van der Waals surface area contributed by atoms with Crippen molar-refractivity contribution in [2.45, 2.75) is 13.0 Å². The maximum atomic E-state index is 11.5. The molecule has 1 aromatic carbocycles. The summed E-state index contributed by atoms with van der Waals surface area (Å²) in [5.74, 6) is -0.00292. The van der Waals surface area contributed by atoms with E-state index in [9.17, 15) is 8.42 Å². The van der Waals surface area contributed by atoms with Gasteiger partial charge in [-0.15, -0.1) is 11.6 Å². The average molecular weight is 282 g/mol. The summed E-state index contributed by atoms with van der Waals surface area (Å²) >= 11 is 11.2. The Hall–Kier alpha value is -0.290. The zero-order valence-electron chi connectivity index (χ0n) is 8.78. The third-order valence-electron chi connectivity index (χ3n) is 2.05. The summed E-state index contributed by atoms with van der Waals surface area (Å²) in [6.07, 6.45) is 0. The third kappa shape index (κ3) is 4.29. The van der Waals surface area contributed by atoms with Gasteiger partial charge in [0.05, 0.1) is 5.75 Å². The van der Waals surface area contributed by atoms with E-state index in [2.05, 4.69) is 4.72 Å².